The second-order valence-electron chi connectivity index (χ2n) is 5.59. The molecule has 6 nitrogen and oxygen atoms in total. The maximum absolute atomic E-state index is 12.2. The van der Waals surface area contributed by atoms with Gasteiger partial charge in [-0.2, -0.15) is 5.10 Å². The molecule has 1 aliphatic rings. The van der Waals surface area contributed by atoms with Gasteiger partial charge in [0, 0.05) is 25.0 Å². The fraction of sp³-hybridized carbons (Fsp3) is 0.412. The minimum atomic E-state index is -0.0824. The average Bonchev–Trinajstić information content (AvgIpc) is 3.04. The van der Waals surface area contributed by atoms with Gasteiger partial charge >= 0.3 is 0 Å². The van der Waals surface area contributed by atoms with Gasteiger partial charge in [-0.1, -0.05) is 18.2 Å². The van der Waals surface area contributed by atoms with E-state index in [1.165, 1.54) is 0 Å². The number of aromatic nitrogens is 2. The lowest BCUT2D eigenvalue weighted by molar-refractivity contribution is -0.115. The van der Waals surface area contributed by atoms with Gasteiger partial charge in [-0.15, -0.1) is 0 Å². The molecule has 0 saturated carbocycles. The van der Waals surface area contributed by atoms with Gasteiger partial charge in [0.1, 0.15) is 5.75 Å². The number of benzene rings is 1. The maximum atomic E-state index is 12.2. The third-order valence-corrected chi connectivity index (χ3v) is 3.99. The molecule has 6 heteroatoms. The van der Waals surface area contributed by atoms with Crippen molar-refractivity contribution in [1.29, 1.82) is 0 Å². The Balaban J connectivity index is 1.60. The molecule has 0 aliphatic carbocycles. The molecule has 1 N–H and O–H groups in total. The van der Waals surface area contributed by atoms with Crippen molar-refractivity contribution < 1.29 is 14.3 Å². The van der Waals surface area contributed by atoms with Crippen molar-refractivity contribution in [3.05, 3.63) is 42.2 Å². The van der Waals surface area contributed by atoms with E-state index in [-0.39, 0.29) is 12.3 Å². The van der Waals surface area contributed by atoms with Gasteiger partial charge in [0.15, 0.2) is 0 Å². The molecule has 0 bridgehead atoms. The van der Waals surface area contributed by atoms with Gasteiger partial charge in [0.25, 0.3) is 0 Å². The number of anilines is 1. The lowest BCUT2D eigenvalue weighted by Crippen LogP contribution is -2.20. The highest BCUT2D eigenvalue weighted by atomic mass is 16.5. The van der Waals surface area contributed by atoms with Crippen molar-refractivity contribution in [3.63, 3.8) is 0 Å². The molecule has 1 aromatic carbocycles. The fourth-order valence-corrected chi connectivity index (χ4v) is 2.78. The second-order valence-corrected chi connectivity index (χ2v) is 5.59. The molecule has 2 aromatic rings. The highest BCUT2D eigenvalue weighted by Crippen LogP contribution is 2.22. The molecule has 23 heavy (non-hydrogen) atoms. The van der Waals surface area contributed by atoms with Crippen molar-refractivity contribution in [1.82, 2.24) is 9.78 Å². The topological polar surface area (TPSA) is 65.4 Å². The number of methoxy groups -OCH3 is 1. The van der Waals surface area contributed by atoms with Crippen molar-refractivity contribution in [2.24, 2.45) is 0 Å². The Morgan fingerprint density at radius 3 is 2.96 bits per heavy atom. The Kier molecular flexibility index (Phi) is 4.92. The molecule has 1 aromatic heterocycles. The van der Waals surface area contributed by atoms with Crippen molar-refractivity contribution >= 4 is 11.6 Å². The van der Waals surface area contributed by atoms with Gasteiger partial charge in [-0.3, -0.25) is 9.48 Å². The molecule has 1 aliphatic heterocycles. The molecule has 1 amide bonds. The third-order valence-electron chi connectivity index (χ3n) is 3.99. The first-order valence-corrected chi connectivity index (χ1v) is 7.80. The highest BCUT2D eigenvalue weighted by Gasteiger charge is 2.17. The van der Waals surface area contributed by atoms with Crippen LogP contribution in [0.1, 0.15) is 24.4 Å². The minimum absolute atomic E-state index is 0.0824. The molecule has 0 spiro atoms. The normalized spacial score (nSPS) is 15.3. The van der Waals surface area contributed by atoms with E-state index in [4.69, 9.17) is 9.47 Å². The van der Waals surface area contributed by atoms with E-state index < -0.39 is 0 Å². The summed E-state index contributed by atoms with van der Waals surface area (Å²) < 4.78 is 12.5. The van der Waals surface area contributed by atoms with Crippen LogP contribution < -0.4 is 10.1 Å². The summed E-state index contributed by atoms with van der Waals surface area (Å²) in [6.45, 7) is 1.53. The number of hydrogen-bond donors (Lipinski definition) is 1. The Morgan fingerprint density at radius 1 is 1.39 bits per heavy atom. The van der Waals surface area contributed by atoms with Crippen LogP contribution in [0.3, 0.4) is 0 Å². The number of nitrogens with one attached hydrogen (secondary N) is 1. The Morgan fingerprint density at radius 2 is 2.17 bits per heavy atom. The molecular weight excluding hydrogens is 294 g/mol. The van der Waals surface area contributed by atoms with E-state index in [1.54, 1.807) is 13.3 Å². The van der Waals surface area contributed by atoms with E-state index in [0.29, 0.717) is 6.04 Å². The van der Waals surface area contributed by atoms with Crippen LogP contribution in [0.15, 0.2) is 36.7 Å². The number of nitrogens with zero attached hydrogens (tertiary/aromatic N) is 2. The number of amides is 1. The predicted molar refractivity (Wildman–Crippen MR) is 86.6 cm³/mol. The molecular formula is C17H21N3O3. The van der Waals surface area contributed by atoms with Gasteiger partial charge < -0.3 is 14.8 Å². The van der Waals surface area contributed by atoms with Crippen LogP contribution in [0.4, 0.5) is 5.69 Å². The summed E-state index contributed by atoms with van der Waals surface area (Å²) in [5, 5.41) is 7.25. The van der Waals surface area contributed by atoms with E-state index in [0.717, 1.165) is 43.1 Å². The average molecular weight is 315 g/mol. The van der Waals surface area contributed by atoms with Crippen molar-refractivity contribution in [2.75, 3.05) is 25.6 Å². The third kappa shape index (κ3) is 3.90. The molecule has 122 valence electrons. The minimum Gasteiger partial charge on any atom is -0.496 e. The monoisotopic (exact) mass is 315 g/mol. The Bertz CT molecular complexity index is 663. The predicted octanol–water partition coefficient (Wildman–Crippen LogP) is 2.42. The summed E-state index contributed by atoms with van der Waals surface area (Å²) in [4.78, 5) is 12.2. The lowest BCUT2D eigenvalue weighted by atomic mass is 10.1. The zero-order chi connectivity index (χ0) is 16.1. The summed E-state index contributed by atoms with van der Waals surface area (Å²) in [5.74, 6) is 0.640. The van der Waals surface area contributed by atoms with E-state index in [1.807, 2.05) is 35.1 Å². The van der Waals surface area contributed by atoms with Crippen LogP contribution in [0.25, 0.3) is 0 Å². The largest absolute Gasteiger partial charge is 0.496 e. The number of hydrogen-bond acceptors (Lipinski definition) is 4. The molecule has 2 heterocycles. The Labute approximate surface area is 135 Å². The van der Waals surface area contributed by atoms with Crippen LogP contribution in [-0.2, 0) is 16.0 Å². The van der Waals surface area contributed by atoms with Crippen LogP contribution in [0, 0.1) is 0 Å². The SMILES string of the molecule is COc1ccccc1CC(=O)Nc1cnn(C2CCOCC2)c1. The smallest absolute Gasteiger partial charge is 0.229 e. The number of para-hydroxylation sites is 1. The summed E-state index contributed by atoms with van der Waals surface area (Å²) >= 11 is 0. The first kappa shape index (κ1) is 15.6. The number of rotatable bonds is 5. The summed E-state index contributed by atoms with van der Waals surface area (Å²) in [6, 6.07) is 7.88. The van der Waals surface area contributed by atoms with Gasteiger partial charge in [0.2, 0.25) is 5.91 Å². The summed E-state index contributed by atoms with van der Waals surface area (Å²) in [7, 11) is 1.61. The van der Waals surface area contributed by atoms with E-state index >= 15 is 0 Å². The molecule has 0 unspecified atom stereocenters. The fourth-order valence-electron chi connectivity index (χ4n) is 2.78. The summed E-state index contributed by atoms with van der Waals surface area (Å²) in [5.41, 5.74) is 1.58. The standard InChI is InChI=1S/C17H21N3O3/c1-22-16-5-3-2-4-13(16)10-17(21)19-14-11-18-20(12-14)15-6-8-23-9-7-15/h2-5,11-12,15H,6-10H2,1H3,(H,19,21). The van der Waals surface area contributed by atoms with Crippen LogP contribution >= 0.6 is 0 Å². The van der Waals surface area contributed by atoms with Gasteiger partial charge in [-0.05, 0) is 18.9 Å². The highest BCUT2D eigenvalue weighted by molar-refractivity contribution is 5.92. The Hall–Kier alpha value is -2.34. The zero-order valence-corrected chi connectivity index (χ0v) is 13.2. The van der Waals surface area contributed by atoms with Crippen LogP contribution in [-0.4, -0.2) is 36.0 Å². The number of carbonyl (C=O) groups is 1. The van der Waals surface area contributed by atoms with Crippen LogP contribution in [0.2, 0.25) is 0 Å². The molecule has 3 rings (SSSR count). The van der Waals surface area contributed by atoms with E-state index in [9.17, 15) is 4.79 Å². The quantitative estimate of drug-likeness (QED) is 0.920. The first-order valence-electron chi connectivity index (χ1n) is 7.80. The summed E-state index contributed by atoms with van der Waals surface area (Å²) in [6.07, 6.45) is 5.75. The van der Waals surface area contributed by atoms with Gasteiger partial charge in [-0.25, -0.2) is 0 Å². The maximum Gasteiger partial charge on any atom is 0.229 e. The van der Waals surface area contributed by atoms with E-state index in [2.05, 4.69) is 10.4 Å². The molecule has 0 atom stereocenters. The number of ether oxygens (including phenoxy) is 2. The van der Waals surface area contributed by atoms with Gasteiger partial charge in [0.05, 0.1) is 31.5 Å². The molecule has 1 fully saturated rings. The zero-order valence-electron chi connectivity index (χ0n) is 13.2. The molecule has 1 saturated heterocycles. The molecule has 0 radical (unpaired) electrons. The van der Waals surface area contributed by atoms with Crippen molar-refractivity contribution in [3.8, 4) is 5.75 Å². The van der Waals surface area contributed by atoms with Crippen molar-refractivity contribution in [2.45, 2.75) is 25.3 Å². The first-order chi connectivity index (χ1) is 11.3. The van der Waals surface area contributed by atoms with Crippen LogP contribution in [0.5, 0.6) is 5.75 Å². The lowest BCUT2D eigenvalue weighted by Gasteiger charge is -2.22. The number of carbonyl (C=O) groups excluding carboxylic acids is 1. The second kappa shape index (κ2) is 7.28.